The van der Waals surface area contributed by atoms with E-state index in [1.165, 1.54) is 11.6 Å². The SMILES string of the molecule is O=C1NC[C@H]2[C@@H](c3ccc(Cl)cc3)[C@H](c3ccc(O)cc3Cl)CC[C@@H]12.O=C1NC[C@H]2[C@@H](c3ccc(Cl)cc3)[C@H](c3ccc(OS(=O)(=O)C(F)(F)F)cc3Cl)CC[C@@H]12. The first kappa shape index (κ1) is 41.5. The van der Waals surface area contributed by atoms with Crippen molar-refractivity contribution in [3.8, 4) is 11.5 Å². The van der Waals surface area contributed by atoms with Crippen molar-refractivity contribution in [3.05, 3.63) is 127 Å². The van der Waals surface area contributed by atoms with E-state index in [1.807, 2.05) is 30.3 Å². The third kappa shape index (κ3) is 8.57. The zero-order chi connectivity index (χ0) is 40.8. The van der Waals surface area contributed by atoms with E-state index in [9.17, 15) is 36.3 Å². The van der Waals surface area contributed by atoms with E-state index in [2.05, 4.69) is 26.9 Å². The number of carbonyl (C=O) groups excluding carboxylic acids is 2. The van der Waals surface area contributed by atoms with Crippen LogP contribution in [0.4, 0.5) is 13.2 Å². The van der Waals surface area contributed by atoms with Crippen LogP contribution in [0.2, 0.25) is 20.1 Å². The van der Waals surface area contributed by atoms with Gasteiger partial charge < -0.3 is 19.9 Å². The van der Waals surface area contributed by atoms with Crippen molar-refractivity contribution in [1.82, 2.24) is 10.6 Å². The minimum Gasteiger partial charge on any atom is -0.508 e. The van der Waals surface area contributed by atoms with Gasteiger partial charge in [-0.05, 0) is 126 Å². The summed E-state index contributed by atoms with van der Waals surface area (Å²) in [6.45, 7) is 1.21. The van der Waals surface area contributed by atoms with Gasteiger partial charge in [-0.3, -0.25) is 9.59 Å². The van der Waals surface area contributed by atoms with Gasteiger partial charge in [0.15, 0.2) is 0 Å². The summed E-state index contributed by atoms with van der Waals surface area (Å²) in [7, 11) is -5.80. The zero-order valence-corrected chi connectivity index (χ0v) is 33.8. The van der Waals surface area contributed by atoms with Crippen LogP contribution in [0, 0.1) is 23.7 Å². The highest BCUT2D eigenvalue weighted by molar-refractivity contribution is 7.88. The molecule has 16 heteroatoms. The summed E-state index contributed by atoms with van der Waals surface area (Å²) < 4.78 is 64.7. The van der Waals surface area contributed by atoms with Crippen molar-refractivity contribution in [2.75, 3.05) is 13.1 Å². The van der Waals surface area contributed by atoms with Crippen LogP contribution in [-0.2, 0) is 19.7 Å². The van der Waals surface area contributed by atoms with Crippen molar-refractivity contribution in [2.24, 2.45) is 23.7 Å². The lowest BCUT2D eigenvalue weighted by atomic mass is 9.63. The Morgan fingerprint density at radius 1 is 0.614 bits per heavy atom. The first-order valence-electron chi connectivity index (χ1n) is 18.4. The number of alkyl halides is 3. The van der Waals surface area contributed by atoms with Gasteiger partial charge in [-0.25, -0.2) is 0 Å². The third-order valence-corrected chi connectivity index (χ3v) is 14.0. The van der Waals surface area contributed by atoms with Crippen molar-refractivity contribution >= 4 is 68.3 Å². The number of halogens is 7. The van der Waals surface area contributed by atoms with Gasteiger partial charge in [0.05, 0.1) is 0 Å². The number of rotatable bonds is 6. The molecule has 0 spiro atoms. The first-order valence-corrected chi connectivity index (χ1v) is 21.3. The average Bonchev–Trinajstić information content (AvgIpc) is 3.73. The Kier molecular flexibility index (Phi) is 12.0. The van der Waals surface area contributed by atoms with Crippen molar-refractivity contribution in [1.29, 1.82) is 0 Å². The highest BCUT2D eigenvalue weighted by Gasteiger charge is 2.50. The summed E-state index contributed by atoms with van der Waals surface area (Å²) in [5.74, 6) is 0.196. The molecule has 302 valence electrons. The molecule has 2 saturated heterocycles. The lowest BCUT2D eigenvalue weighted by Crippen LogP contribution is -2.32. The van der Waals surface area contributed by atoms with Gasteiger partial charge >= 0.3 is 15.6 Å². The lowest BCUT2D eigenvalue weighted by molar-refractivity contribution is -0.124. The normalized spacial score (nSPS) is 27.0. The molecule has 4 aromatic rings. The highest BCUT2D eigenvalue weighted by atomic mass is 35.5. The number of hydrogen-bond acceptors (Lipinski definition) is 6. The van der Waals surface area contributed by atoms with Crippen LogP contribution in [0.25, 0.3) is 0 Å². The fourth-order valence-corrected chi connectivity index (χ4v) is 10.7. The Hall–Kier alpha value is -3.68. The van der Waals surface area contributed by atoms with E-state index < -0.39 is 21.4 Å². The summed E-state index contributed by atoms with van der Waals surface area (Å²) >= 11 is 24.9. The topological polar surface area (TPSA) is 122 Å². The van der Waals surface area contributed by atoms with E-state index in [0.29, 0.717) is 46.6 Å². The summed E-state index contributed by atoms with van der Waals surface area (Å²) in [6.07, 6.45) is 3.03. The van der Waals surface area contributed by atoms with Crippen LogP contribution in [0.1, 0.15) is 71.6 Å². The van der Waals surface area contributed by atoms with E-state index in [4.69, 9.17) is 46.4 Å². The number of phenols is 1. The summed E-state index contributed by atoms with van der Waals surface area (Å²) in [5.41, 5.74) is -1.69. The molecule has 2 amide bonds. The van der Waals surface area contributed by atoms with E-state index in [1.54, 1.807) is 24.3 Å². The number of fused-ring (bicyclic) bond motifs is 2. The Morgan fingerprint density at radius 3 is 1.46 bits per heavy atom. The molecule has 0 aromatic heterocycles. The number of benzene rings is 4. The largest absolute Gasteiger partial charge is 0.534 e. The molecule has 8 nitrogen and oxygen atoms in total. The van der Waals surface area contributed by atoms with Crippen LogP contribution in [0.3, 0.4) is 0 Å². The molecule has 2 aliphatic heterocycles. The molecule has 0 radical (unpaired) electrons. The monoisotopic (exact) mass is 882 g/mol. The second-order valence-electron chi connectivity index (χ2n) is 14.9. The summed E-state index contributed by atoms with van der Waals surface area (Å²) in [6, 6.07) is 24.2. The molecule has 2 heterocycles. The smallest absolute Gasteiger partial charge is 0.508 e. The minimum absolute atomic E-state index is 0.0135. The van der Waals surface area contributed by atoms with E-state index in [0.717, 1.165) is 36.1 Å². The van der Waals surface area contributed by atoms with Crippen LogP contribution in [0.15, 0.2) is 84.9 Å². The quantitative estimate of drug-likeness (QED) is 0.131. The molecule has 8 rings (SSSR count). The number of carbonyl (C=O) groups is 2. The molecule has 4 aliphatic rings. The fraction of sp³-hybridized carbons (Fsp3) is 0.366. The summed E-state index contributed by atoms with van der Waals surface area (Å²) in [4.78, 5) is 24.5. The molecule has 2 aliphatic carbocycles. The maximum absolute atomic E-state index is 12.6. The van der Waals surface area contributed by atoms with Gasteiger partial charge in [0.2, 0.25) is 11.8 Å². The molecular formula is C41H37Cl4F3N2O6S. The molecule has 8 atom stereocenters. The Labute approximate surface area is 348 Å². The van der Waals surface area contributed by atoms with Crippen molar-refractivity contribution < 1.29 is 40.5 Å². The van der Waals surface area contributed by atoms with Gasteiger partial charge in [0.25, 0.3) is 0 Å². The number of aromatic hydroxyl groups is 1. The number of hydrogen-bond donors (Lipinski definition) is 3. The molecule has 4 aromatic carbocycles. The lowest BCUT2D eigenvalue weighted by Gasteiger charge is -2.40. The minimum atomic E-state index is -5.80. The molecule has 57 heavy (non-hydrogen) atoms. The Morgan fingerprint density at radius 2 is 1.04 bits per heavy atom. The molecule has 0 bridgehead atoms. The van der Waals surface area contributed by atoms with Gasteiger partial charge in [-0.15, -0.1) is 0 Å². The molecule has 2 saturated carbocycles. The number of amides is 2. The Balaban J connectivity index is 0.000000179. The van der Waals surface area contributed by atoms with Crippen molar-refractivity contribution in [2.45, 2.75) is 54.9 Å². The maximum atomic E-state index is 12.6. The van der Waals surface area contributed by atoms with Crippen LogP contribution >= 0.6 is 46.4 Å². The molecule has 0 unspecified atom stereocenters. The van der Waals surface area contributed by atoms with E-state index in [-0.39, 0.29) is 69.9 Å². The molecular weight excluding hydrogens is 847 g/mol. The second kappa shape index (κ2) is 16.5. The highest BCUT2D eigenvalue weighted by Crippen LogP contribution is 2.54. The summed E-state index contributed by atoms with van der Waals surface area (Å²) in [5, 5.41) is 17.6. The molecule has 3 N–H and O–H groups in total. The Bertz CT molecular complexity index is 2260. The van der Waals surface area contributed by atoms with Gasteiger partial charge in [0, 0.05) is 51.1 Å². The van der Waals surface area contributed by atoms with Gasteiger partial charge in [0.1, 0.15) is 11.5 Å². The van der Waals surface area contributed by atoms with E-state index >= 15 is 0 Å². The first-order chi connectivity index (χ1) is 27.0. The average molecular weight is 885 g/mol. The van der Waals surface area contributed by atoms with Crippen LogP contribution in [0.5, 0.6) is 11.5 Å². The second-order valence-corrected chi connectivity index (χ2v) is 18.2. The predicted molar refractivity (Wildman–Crippen MR) is 212 cm³/mol. The number of phenolic OH excluding ortho intramolecular Hbond substituents is 1. The zero-order valence-electron chi connectivity index (χ0n) is 30.0. The molecule has 4 fully saturated rings. The van der Waals surface area contributed by atoms with Crippen LogP contribution in [-0.4, -0.2) is 43.9 Å². The maximum Gasteiger partial charge on any atom is 0.534 e. The van der Waals surface area contributed by atoms with Gasteiger partial charge in [-0.2, -0.15) is 21.6 Å². The number of nitrogens with one attached hydrogen (secondary N) is 2. The standard InChI is InChI=1S/C21H18Cl2F3NO4S.C20H19Cl2NO2/c22-12-3-1-11(2-4-12)19-15(7-8-16-17(19)10-27-20(16)28)14-6-5-13(9-18(14)23)31-32(29,30)21(24,25)26;21-12-3-1-11(2-4-12)19-15(14-6-5-13(24)9-18(14)22)7-8-16-17(19)10-23-20(16)25/h1-6,9,15-17,19H,7-8,10H2,(H,27,28);1-6,9,15-17,19,24H,7-8,10H2,(H,23,25)/t2*15-,16+,17+,19-/m00/s1. The van der Waals surface area contributed by atoms with Crippen LogP contribution < -0.4 is 14.8 Å². The van der Waals surface area contributed by atoms with Gasteiger partial charge in [-0.1, -0.05) is 82.8 Å². The fourth-order valence-electron chi connectivity index (χ4n) is 9.37. The van der Waals surface area contributed by atoms with Crippen molar-refractivity contribution in [3.63, 3.8) is 0 Å². The third-order valence-electron chi connectivity index (χ3n) is 11.9. The predicted octanol–water partition coefficient (Wildman–Crippen LogP) is 9.97.